The predicted octanol–water partition coefficient (Wildman–Crippen LogP) is 2.06. The SMILES string of the molecule is CN1CCCN(CC(O)C(O)(c2ccccc2)C2CCCC2)CC1. The van der Waals surface area contributed by atoms with E-state index in [1.165, 1.54) is 0 Å². The van der Waals surface area contributed by atoms with Crippen molar-refractivity contribution in [3.63, 3.8) is 0 Å². The van der Waals surface area contributed by atoms with Crippen LogP contribution in [0.5, 0.6) is 0 Å². The van der Waals surface area contributed by atoms with Crippen LogP contribution in [0.2, 0.25) is 0 Å². The van der Waals surface area contributed by atoms with Gasteiger partial charge in [-0.2, -0.15) is 0 Å². The molecular weight excluding hydrogens is 300 g/mol. The second kappa shape index (κ2) is 7.96. The minimum absolute atomic E-state index is 0.157. The number of benzene rings is 1. The van der Waals surface area contributed by atoms with E-state index in [0.29, 0.717) is 6.54 Å². The van der Waals surface area contributed by atoms with Crippen LogP contribution in [0, 0.1) is 5.92 Å². The zero-order valence-corrected chi connectivity index (χ0v) is 14.9. The third-order valence-electron chi connectivity index (χ3n) is 5.97. The Morgan fingerprint density at radius 3 is 2.46 bits per heavy atom. The van der Waals surface area contributed by atoms with E-state index < -0.39 is 11.7 Å². The maximum atomic E-state index is 11.6. The van der Waals surface area contributed by atoms with Gasteiger partial charge in [0.15, 0.2) is 0 Å². The van der Waals surface area contributed by atoms with E-state index in [-0.39, 0.29) is 5.92 Å². The Kier molecular flexibility index (Phi) is 5.93. The van der Waals surface area contributed by atoms with Gasteiger partial charge in [-0.05, 0) is 50.9 Å². The van der Waals surface area contributed by atoms with Gasteiger partial charge < -0.3 is 15.1 Å². The van der Waals surface area contributed by atoms with Gasteiger partial charge in [-0.1, -0.05) is 43.2 Å². The van der Waals surface area contributed by atoms with E-state index in [9.17, 15) is 10.2 Å². The van der Waals surface area contributed by atoms with Crippen LogP contribution >= 0.6 is 0 Å². The minimum atomic E-state index is -1.13. The molecule has 2 fully saturated rings. The maximum Gasteiger partial charge on any atom is 0.119 e. The molecule has 0 aromatic heterocycles. The molecule has 0 amide bonds. The number of aliphatic hydroxyl groups excluding tert-OH is 1. The van der Waals surface area contributed by atoms with Crippen molar-refractivity contribution in [1.82, 2.24) is 9.80 Å². The fourth-order valence-electron chi connectivity index (χ4n) is 4.44. The topological polar surface area (TPSA) is 46.9 Å². The highest BCUT2D eigenvalue weighted by Crippen LogP contribution is 2.43. The molecule has 0 radical (unpaired) electrons. The number of hydrogen-bond acceptors (Lipinski definition) is 4. The van der Waals surface area contributed by atoms with Crippen LogP contribution in [0.25, 0.3) is 0 Å². The zero-order chi connectivity index (χ0) is 17.0. The largest absolute Gasteiger partial charge is 0.388 e. The third-order valence-corrected chi connectivity index (χ3v) is 5.97. The van der Waals surface area contributed by atoms with Gasteiger partial charge >= 0.3 is 0 Å². The van der Waals surface area contributed by atoms with Crippen molar-refractivity contribution in [2.75, 3.05) is 39.8 Å². The van der Waals surface area contributed by atoms with Crippen LogP contribution in [0.1, 0.15) is 37.7 Å². The summed E-state index contributed by atoms with van der Waals surface area (Å²) in [5, 5.41) is 22.7. The number of aliphatic hydroxyl groups is 2. The number of nitrogens with zero attached hydrogens (tertiary/aromatic N) is 2. The molecule has 4 heteroatoms. The first-order chi connectivity index (χ1) is 11.6. The number of likely N-dealkylation sites (N-methyl/N-ethyl adjacent to an activating group) is 1. The number of β-amino-alcohol motifs (C(OH)–C–C–N with tert-alkyl or cyclic N) is 1. The lowest BCUT2D eigenvalue weighted by atomic mass is 9.76. The molecule has 2 N–H and O–H groups in total. The molecule has 1 aromatic carbocycles. The quantitative estimate of drug-likeness (QED) is 0.866. The van der Waals surface area contributed by atoms with Gasteiger partial charge in [0.05, 0.1) is 6.10 Å². The molecule has 1 saturated carbocycles. The van der Waals surface area contributed by atoms with Crippen LogP contribution < -0.4 is 0 Å². The van der Waals surface area contributed by atoms with E-state index in [4.69, 9.17) is 0 Å². The van der Waals surface area contributed by atoms with Gasteiger partial charge in [-0.3, -0.25) is 4.90 Å². The molecule has 4 nitrogen and oxygen atoms in total. The van der Waals surface area contributed by atoms with Crippen LogP contribution in [-0.4, -0.2) is 65.9 Å². The maximum absolute atomic E-state index is 11.6. The average Bonchev–Trinajstić information content (AvgIpc) is 3.07. The first kappa shape index (κ1) is 17.9. The fraction of sp³-hybridized carbons (Fsp3) is 0.700. The first-order valence-electron chi connectivity index (χ1n) is 9.47. The molecule has 1 aliphatic heterocycles. The van der Waals surface area contributed by atoms with E-state index >= 15 is 0 Å². The van der Waals surface area contributed by atoms with Crippen LogP contribution in [0.4, 0.5) is 0 Å². The Hall–Kier alpha value is -0.940. The molecule has 0 bridgehead atoms. The second-order valence-corrected chi connectivity index (χ2v) is 7.65. The zero-order valence-electron chi connectivity index (χ0n) is 14.9. The Labute approximate surface area is 146 Å². The summed E-state index contributed by atoms with van der Waals surface area (Å²) in [4.78, 5) is 4.66. The lowest BCUT2D eigenvalue weighted by molar-refractivity contribution is -0.128. The molecule has 24 heavy (non-hydrogen) atoms. The van der Waals surface area contributed by atoms with Crippen molar-refractivity contribution in [2.45, 2.75) is 43.8 Å². The number of hydrogen-bond donors (Lipinski definition) is 2. The molecule has 1 aliphatic carbocycles. The smallest absolute Gasteiger partial charge is 0.119 e. The molecule has 1 aromatic rings. The predicted molar refractivity (Wildman–Crippen MR) is 96.9 cm³/mol. The van der Waals surface area contributed by atoms with Crippen molar-refractivity contribution in [1.29, 1.82) is 0 Å². The van der Waals surface area contributed by atoms with E-state index in [1.54, 1.807) is 0 Å². The molecule has 1 heterocycles. The summed E-state index contributed by atoms with van der Waals surface area (Å²) in [6.45, 7) is 4.65. The molecule has 1 saturated heterocycles. The van der Waals surface area contributed by atoms with E-state index in [0.717, 1.165) is 63.8 Å². The third kappa shape index (κ3) is 3.83. The first-order valence-corrected chi connectivity index (χ1v) is 9.47. The van der Waals surface area contributed by atoms with Gasteiger partial charge in [0.1, 0.15) is 5.60 Å². The molecule has 2 atom stereocenters. The van der Waals surface area contributed by atoms with Gasteiger partial charge in [-0.25, -0.2) is 0 Å². The molecule has 2 aliphatic rings. The van der Waals surface area contributed by atoms with Gasteiger partial charge in [0.25, 0.3) is 0 Å². The molecular formula is C20H32N2O2. The summed E-state index contributed by atoms with van der Waals surface area (Å²) >= 11 is 0. The van der Waals surface area contributed by atoms with Crippen molar-refractivity contribution in [3.05, 3.63) is 35.9 Å². The van der Waals surface area contributed by atoms with Crippen LogP contribution in [0.3, 0.4) is 0 Å². The van der Waals surface area contributed by atoms with Crippen molar-refractivity contribution in [2.24, 2.45) is 5.92 Å². The fourth-order valence-corrected chi connectivity index (χ4v) is 4.44. The normalized spacial score (nSPS) is 25.3. The summed E-state index contributed by atoms with van der Waals surface area (Å²) < 4.78 is 0. The summed E-state index contributed by atoms with van der Waals surface area (Å²) in [6.07, 6.45) is 4.70. The average molecular weight is 332 g/mol. The number of rotatable bonds is 5. The molecule has 0 spiro atoms. The van der Waals surface area contributed by atoms with Crippen molar-refractivity contribution >= 4 is 0 Å². The Balaban J connectivity index is 1.77. The van der Waals surface area contributed by atoms with Crippen molar-refractivity contribution < 1.29 is 10.2 Å². The lowest BCUT2D eigenvalue weighted by Gasteiger charge is -2.40. The highest BCUT2D eigenvalue weighted by atomic mass is 16.3. The Morgan fingerprint density at radius 1 is 1.04 bits per heavy atom. The van der Waals surface area contributed by atoms with Gasteiger partial charge in [0.2, 0.25) is 0 Å². The Morgan fingerprint density at radius 2 is 1.75 bits per heavy atom. The minimum Gasteiger partial charge on any atom is -0.388 e. The molecule has 134 valence electrons. The second-order valence-electron chi connectivity index (χ2n) is 7.65. The monoisotopic (exact) mass is 332 g/mol. The van der Waals surface area contributed by atoms with Crippen LogP contribution in [0.15, 0.2) is 30.3 Å². The van der Waals surface area contributed by atoms with Gasteiger partial charge in [0, 0.05) is 19.6 Å². The lowest BCUT2D eigenvalue weighted by Crippen LogP contribution is -2.51. The van der Waals surface area contributed by atoms with E-state index in [2.05, 4.69) is 16.8 Å². The molecule has 2 unspecified atom stereocenters. The summed E-state index contributed by atoms with van der Waals surface area (Å²) in [5.41, 5.74) is -0.257. The highest BCUT2D eigenvalue weighted by molar-refractivity contribution is 5.25. The van der Waals surface area contributed by atoms with Crippen molar-refractivity contribution in [3.8, 4) is 0 Å². The van der Waals surface area contributed by atoms with E-state index in [1.807, 2.05) is 30.3 Å². The van der Waals surface area contributed by atoms with Gasteiger partial charge in [-0.15, -0.1) is 0 Å². The molecule has 3 rings (SSSR count). The summed E-state index contributed by atoms with van der Waals surface area (Å²) in [7, 11) is 2.15. The summed E-state index contributed by atoms with van der Waals surface area (Å²) in [5.74, 6) is 0.157. The summed E-state index contributed by atoms with van der Waals surface area (Å²) in [6, 6.07) is 9.83. The van der Waals surface area contributed by atoms with Crippen LogP contribution in [-0.2, 0) is 5.60 Å². The standard InChI is InChI=1S/C20H32N2O2/c1-21-12-7-13-22(15-14-21)16-19(23)20(24,18-10-5-6-11-18)17-8-3-2-4-9-17/h2-4,8-9,18-19,23-24H,5-7,10-16H2,1H3. The Bertz CT molecular complexity index is 504. The highest BCUT2D eigenvalue weighted by Gasteiger charge is 2.46.